The molecule has 1 aromatic heterocycles. The summed E-state index contributed by atoms with van der Waals surface area (Å²) in [7, 11) is 0. The van der Waals surface area contributed by atoms with Crippen molar-refractivity contribution >= 4 is 0 Å². The second kappa shape index (κ2) is 7.15. The lowest BCUT2D eigenvalue weighted by molar-refractivity contribution is 0.458. The molecule has 1 aromatic carbocycles. The van der Waals surface area contributed by atoms with Crippen LogP contribution in [0.4, 0.5) is 0 Å². The predicted octanol–water partition coefficient (Wildman–Crippen LogP) is 4.13. The highest BCUT2D eigenvalue weighted by Crippen LogP contribution is 2.20. The Morgan fingerprint density at radius 3 is 2.74 bits per heavy atom. The zero-order chi connectivity index (χ0) is 13.5. The van der Waals surface area contributed by atoms with Crippen molar-refractivity contribution in [3.63, 3.8) is 0 Å². The lowest BCUT2D eigenvalue weighted by Gasteiger charge is -2.18. The van der Waals surface area contributed by atoms with Gasteiger partial charge >= 0.3 is 0 Å². The highest BCUT2D eigenvalue weighted by Gasteiger charge is 2.11. The first-order valence-electron chi connectivity index (χ1n) is 7.18. The summed E-state index contributed by atoms with van der Waals surface area (Å²) in [6.45, 7) is 5.34. The molecule has 2 heteroatoms. The molecule has 2 aromatic rings. The number of rotatable bonds is 7. The van der Waals surface area contributed by atoms with Gasteiger partial charge in [0.25, 0.3) is 0 Å². The molecule has 1 heterocycles. The molecule has 2 nitrogen and oxygen atoms in total. The predicted molar refractivity (Wildman–Crippen MR) is 79.3 cm³/mol. The van der Waals surface area contributed by atoms with Crippen LogP contribution in [-0.4, -0.2) is 6.54 Å². The molecule has 0 saturated heterocycles. The van der Waals surface area contributed by atoms with Crippen LogP contribution in [0.1, 0.15) is 43.2 Å². The number of hydrogen-bond donors (Lipinski definition) is 1. The van der Waals surface area contributed by atoms with Gasteiger partial charge < -0.3 is 9.73 Å². The number of hydrogen-bond acceptors (Lipinski definition) is 2. The highest BCUT2D eigenvalue weighted by atomic mass is 16.3. The second-order valence-corrected chi connectivity index (χ2v) is 4.83. The molecule has 0 saturated carbocycles. The molecule has 0 amide bonds. The Hall–Kier alpha value is -1.54. The maximum absolute atomic E-state index is 5.42. The Bertz CT molecular complexity index is 476. The molecule has 19 heavy (non-hydrogen) atoms. The molecule has 0 aliphatic carbocycles. The average Bonchev–Trinajstić information content (AvgIpc) is 2.97. The first-order valence-corrected chi connectivity index (χ1v) is 7.18. The van der Waals surface area contributed by atoms with Crippen LogP contribution in [0, 0.1) is 0 Å². The normalized spacial score (nSPS) is 12.5. The molecule has 2 rings (SSSR count). The Morgan fingerprint density at radius 2 is 2.05 bits per heavy atom. The molecule has 0 radical (unpaired) electrons. The van der Waals surface area contributed by atoms with E-state index in [-0.39, 0.29) is 0 Å². The van der Waals surface area contributed by atoms with Gasteiger partial charge in [0.15, 0.2) is 0 Å². The zero-order valence-electron chi connectivity index (χ0n) is 11.9. The van der Waals surface area contributed by atoms with Crippen molar-refractivity contribution in [2.75, 3.05) is 6.54 Å². The fourth-order valence-electron chi connectivity index (χ4n) is 2.40. The molecule has 1 unspecified atom stereocenters. The van der Waals surface area contributed by atoms with Crippen LogP contribution in [0.2, 0.25) is 0 Å². The summed E-state index contributed by atoms with van der Waals surface area (Å²) < 4.78 is 5.42. The van der Waals surface area contributed by atoms with Gasteiger partial charge in [-0.3, -0.25) is 0 Å². The van der Waals surface area contributed by atoms with Gasteiger partial charge in [0, 0.05) is 12.5 Å². The minimum Gasteiger partial charge on any atom is -0.469 e. The largest absolute Gasteiger partial charge is 0.469 e. The maximum atomic E-state index is 5.42. The van der Waals surface area contributed by atoms with E-state index >= 15 is 0 Å². The topological polar surface area (TPSA) is 25.2 Å². The van der Waals surface area contributed by atoms with E-state index in [9.17, 15) is 0 Å². The molecule has 1 atom stereocenters. The maximum Gasteiger partial charge on any atom is 0.103 e. The Labute approximate surface area is 115 Å². The SMILES string of the molecule is CCNC(CCc1ccco1)c1cccc(CC)c1. The van der Waals surface area contributed by atoms with E-state index in [2.05, 4.69) is 43.4 Å². The number of nitrogens with one attached hydrogen (secondary N) is 1. The van der Waals surface area contributed by atoms with E-state index in [0.717, 1.165) is 31.6 Å². The lowest BCUT2D eigenvalue weighted by atomic mass is 9.98. The van der Waals surface area contributed by atoms with Crippen LogP contribution in [-0.2, 0) is 12.8 Å². The third-order valence-corrected chi connectivity index (χ3v) is 3.47. The van der Waals surface area contributed by atoms with E-state index in [0.29, 0.717) is 6.04 Å². The van der Waals surface area contributed by atoms with Crippen molar-refractivity contribution in [3.05, 3.63) is 59.5 Å². The summed E-state index contributed by atoms with van der Waals surface area (Å²) in [5.41, 5.74) is 2.78. The zero-order valence-corrected chi connectivity index (χ0v) is 11.9. The van der Waals surface area contributed by atoms with Crippen molar-refractivity contribution in [3.8, 4) is 0 Å². The molecule has 1 N–H and O–H groups in total. The molecule has 0 aliphatic rings. The van der Waals surface area contributed by atoms with Crippen LogP contribution in [0.15, 0.2) is 47.1 Å². The van der Waals surface area contributed by atoms with Gasteiger partial charge in [0.2, 0.25) is 0 Å². The molecule has 102 valence electrons. The quantitative estimate of drug-likeness (QED) is 0.807. The van der Waals surface area contributed by atoms with E-state index in [1.165, 1.54) is 11.1 Å². The fourth-order valence-corrected chi connectivity index (χ4v) is 2.40. The smallest absolute Gasteiger partial charge is 0.103 e. The Balaban J connectivity index is 2.05. The third-order valence-electron chi connectivity index (χ3n) is 3.47. The molecule has 0 bridgehead atoms. The molecule has 0 spiro atoms. The number of aryl methyl sites for hydroxylation is 2. The lowest BCUT2D eigenvalue weighted by Crippen LogP contribution is -2.21. The van der Waals surface area contributed by atoms with Crippen molar-refractivity contribution in [1.29, 1.82) is 0 Å². The third kappa shape index (κ3) is 3.97. The van der Waals surface area contributed by atoms with Gasteiger partial charge in [-0.05, 0) is 42.6 Å². The minimum atomic E-state index is 0.404. The number of benzene rings is 1. The first-order chi connectivity index (χ1) is 9.33. The van der Waals surface area contributed by atoms with Crippen LogP contribution < -0.4 is 5.32 Å². The molecule has 0 aliphatic heterocycles. The first kappa shape index (κ1) is 13.9. The summed E-state index contributed by atoms with van der Waals surface area (Å²) in [5, 5.41) is 3.57. The van der Waals surface area contributed by atoms with E-state index < -0.39 is 0 Å². The summed E-state index contributed by atoms with van der Waals surface area (Å²) in [6, 6.07) is 13.3. The second-order valence-electron chi connectivity index (χ2n) is 4.83. The standard InChI is InChI=1S/C17H23NO/c1-3-14-7-5-8-15(13-14)17(18-4-2)11-10-16-9-6-12-19-16/h5-9,12-13,17-18H,3-4,10-11H2,1-2H3. The van der Waals surface area contributed by atoms with Crippen LogP contribution in [0.3, 0.4) is 0 Å². The highest BCUT2D eigenvalue weighted by molar-refractivity contribution is 5.26. The number of furan rings is 1. The molecule has 0 fully saturated rings. The molecular formula is C17H23NO. The van der Waals surface area contributed by atoms with E-state index in [4.69, 9.17) is 4.42 Å². The van der Waals surface area contributed by atoms with Gasteiger partial charge in [0.1, 0.15) is 5.76 Å². The van der Waals surface area contributed by atoms with Crippen LogP contribution in [0.25, 0.3) is 0 Å². The Morgan fingerprint density at radius 1 is 1.16 bits per heavy atom. The minimum absolute atomic E-state index is 0.404. The Kier molecular flexibility index (Phi) is 5.22. The van der Waals surface area contributed by atoms with Gasteiger partial charge in [-0.25, -0.2) is 0 Å². The summed E-state index contributed by atoms with van der Waals surface area (Å²) >= 11 is 0. The summed E-state index contributed by atoms with van der Waals surface area (Å²) in [5.74, 6) is 1.06. The monoisotopic (exact) mass is 257 g/mol. The van der Waals surface area contributed by atoms with Gasteiger partial charge in [0.05, 0.1) is 6.26 Å². The van der Waals surface area contributed by atoms with E-state index in [1.54, 1.807) is 6.26 Å². The van der Waals surface area contributed by atoms with Crippen molar-refractivity contribution < 1.29 is 4.42 Å². The van der Waals surface area contributed by atoms with Gasteiger partial charge in [-0.2, -0.15) is 0 Å². The summed E-state index contributed by atoms with van der Waals surface area (Å²) in [4.78, 5) is 0. The van der Waals surface area contributed by atoms with Crippen molar-refractivity contribution in [2.45, 2.75) is 39.2 Å². The van der Waals surface area contributed by atoms with Crippen molar-refractivity contribution in [2.24, 2.45) is 0 Å². The van der Waals surface area contributed by atoms with Crippen LogP contribution in [0.5, 0.6) is 0 Å². The average molecular weight is 257 g/mol. The molecular weight excluding hydrogens is 234 g/mol. The fraction of sp³-hybridized carbons (Fsp3) is 0.412. The van der Waals surface area contributed by atoms with Crippen LogP contribution >= 0.6 is 0 Å². The van der Waals surface area contributed by atoms with E-state index in [1.807, 2.05) is 12.1 Å². The van der Waals surface area contributed by atoms with Crippen molar-refractivity contribution in [1.82, 2.24) is 5.32 Å². The van der Waals surface area contributed by atoms with Gasteiger partial charge in [-0.15, -0.1) is 0 Å². The van der Waals surface area contributed by atoms with Gasteiger partial charge in [-0.1, -0.05) is 38.1 Å². The summed E-state index contributed by atoms with van der Waals surface area (Å²) in [6.07, 6.45) is 4.87.